The van der Waals surface area contributed by atoms with Crippen molar-refractivity contribution in [2.75, 3.05) is 6.54 Å². The first-order chi connectivity index (χ1) is 15.8. The van der Waals surface area contributed by atoms with Gasteiger partial charge < -0.3 is 20.4 Å². The minimum Gasteiger partial charge on any atom is -0.479 e. The van der Waals surface area contributed by atoms with Crippen LogP contribution in [0.4, 0.5) is 0 Å². The Morgan fingerprint density at radius 1 is 1.06 bits per heavy atom. The Morgan fingerprint density at radius 3 is 2.24 bits per heavy atom. The van der Waals surface area contributed by atoms with E-state index in [1.807, 2.05) is 55.7 Å². The van der Waals surface area contributed by atoms with Crippen molar-refractivity contribution in [2.24, 2.45) is 5.92 Å². The number of carbonyl (C=O) groups excluding carboxylic acids is 2. The first kappa shape index (κ1) is 24.5. The van der Waals surface area contributed by atoms with Crippen LogP contribution in [0.2, 0.25) is 0 Å². The molecule has 0 spiro atoms. The maximum Gasteiger partial charge on any atom is 0.334 e. The molecular formula is C25H28N2O5S. The Hall–Kier alpha value is -3.10. The average Bonchev–Trinajstić information content (AvgIpc) is 2.80. The molecule has 3 rings (SSSR count). The number of hydrogen-bond acceptors (Lipinski definition) is 5. The molecule has 0 saturated heterocycles. The maximum absolute atomic E-state index is 13.2. The summed E-state index contributed by atoms with van der Waals surface area (Å²) in [7, 11) is 0. The van der Waals surface area contributed by atoms with E-state index in [1.165, 1.54) is 16.7 Å². The number of thioether (sulfide) groups is 1. The molecule has 2 aromatic rings. The van der Waals surface area contributed by atoms with Gasteiger partial charge >= 0.3 is 5.97 Å². The zero-order valence-electron chi connectivity index (χ0n) is 18.5. The first-order valence-corrected chi connectivity index (χ1v) is 11.7. The molecule has 3 N–H and O–H groups in total. The van der Waals surface area contributed by atoms with Gasteiger partial charge in [-0.3, -0.25) is 9.59 Å². The number of nitrogens with zero attached hydrogens (tertiary/aromatic N) is 1. The molecule has 0 bridgehead atoms. The second-order valence-electron chi connectivity index (χ2n) is 8.24. The lowest BCUT2D eigenvalue weighted by Crippen LogP contribution is -2.52. The molecule has 0 aliphatic carbocycles. The molecule has 0 saturated carbocycles. The van der Waals surface area contributed by atoms with Crippen LogP contribution in [-0.2, 0) is 20.8 Å². The van der Waals surface area contributed by atoms with Gasteiger partial charge in [-0.1, -0.05) is 74.5 Å². The number of nitrogens with one attached hydrogen (secondary N) is 1. The highest BCUT2D eigenvalue weighted by Gasteiger charge is 2.35. The van der Waals surface area contributed by atoms with E-state index in [1.54, 1.807) is 24.3 Å². The lowest BCUT2D eigenvalue weighted by atomic mass is 10.0. The number of carbonyl (C=O) groups is 3. The molecule has 7 nitrogen and oxygen atoms in total. The lowest BCUT2D eigenvalue weighted by Gasteiger charge is -2.34. The molecule has 33 heavy (non-hydrogen) atoms. The number of benzene rings is 2. The number of aliphatic carboxylic acids is 1. The molecule has 1 aliphatic rings. The van der Waals surface area contributed by atoms with Gasteiger partial charge in [-0.25, -0.2) is 4.79 Å². The second-order valence-corrected chi connectivity index (χ2v) is 9.26. The van der Waals surface area contributed by atoms with Crippen LogP contribution in [0.25, 0.3) is 5.70 Å². The van der Waals surface area contributed by atoms with Crippen LogP contribution < -0.4 is 5.32 Å². The lowest BCUT2D eigenvalue weighted by molar-refractivity contribution is -0.148. The summed E-state index contributed by atoms with van der Waals surface area (Å²) in [5.74, 6) is -2.07. The highest BCUT2D eigenvalue weighted by molar-refractivity contribution is 8.03. The van der Waals surface area contributed by atoms with E-state index in [-0.39, 0.29) is 30.0 Å². The van der Waals surface area contributed by atoms with Crippen molar-refractivity contribution in [1.29, 1.82) is 0 Å². The largest absolute Gasteiger partial charge is 0.479 e. The van der Waals surface area contributed by atoms with Crippen LogP contribution in [0.3, 0.4) is 0 Å². The standard InChI is InChI=1S/C25H28N2O5S/c1-16(2)23-24(30)27(20(15-33-23)18-11-7-4-8-12-18)14-21(28)26-19(22(29)25(31)32)13-17-9-5-3-6-10-17/h3-12,15-16,19,22-23,29H,13-14H2,1-2H3,(H,26,28)(H,31,32)/t19-,22?,23?/m0/s1. The quantitative estimate of drug-likeness (QED) is 0.523. The second kappa shape index (κ2) is 11.2. The molecular weight excluding hydrogens is 440 g/mol. The molecule has 1 aliphatic heterocycles. The molecule has 0 aromatic heterocycles. The molecule has 8 heteroatoms. The highest BCUT2D eigenvalue weighted by Crippen LogP contribution is 2.35. The van der Waals surface area contributed by atoms with E-state index < -0.39 is 24.0 Å². The van der Waals surface area contributed by atoms with Gasteiger partial charge in [0.05, 0.1) is 17.0 Å². The van der Waals surface area contributed by atoms with Gasteiger partial charge in [-0.2, -0.15) is 0 Å². The summed E-state index contributed by atoms with van der Waals surface area (Å²) in [6.07, 6.45) is -1.64. The fourth-order valence-electron chi connectivity index (χ4n) is 3.65. The molecule has 2 amide bonds. The normalized spacial score (nSPS) is 17.9. The SMILES string of the molecule is CC(C)C1SC=C(c2ccccc2)N(CC(=O)N[C@@H](Cc2ccccc2)C(O)C(=O)O)C1=O. The van der Waals surface area contributed by atoms with E-state index >= 15 is 0 Å². The summed E-state index contributed by atoms with van der Waals surface area (Å²) in [6.45, 7) is 3.63. The molecule has 3 atom stereocenters. The third kappa shape index (κ3) is 6.24. The van der Waals surface area contributed by atoms with Crippen molar-refractivity contribution in [3.8, 4) is 0 Å². The number of rotatable bonds is 9. The summed E-state index contributed by atoms with van der Waals surface area (Å²) < 4.78 is 0. The predicted octanol–water partition coefficient (Wildman–Crippen LogP) is 2.76. The van der Waals surface area contributed by atoms with Gasteiger partial charge in [0.25, 0.3) is 0 Å². The van der Waals surface area contributed by atoms with Crippen molar-refractivity contribution < 1.29 is 24.6 Å². The Labute approximate surface area is 197 Å². The molecule has 0 fully saturated rings. The monoisotopic (exact) mass is 468 g/mol. The number of aliphatic hydroxyl groups excluding tert-OH is 1. The molecule has 174 valence electrons. The molecule has 0 radical (unpaired) electrons. The number of amides is 2. The summed E-state index contributed by atoms with van der Waals surface area (Å²) in [6, 6.07) is 17.3. The summed E-state index contributed by atoms with van der Waals surface area (Å²) in [5.41, 5.74) is 2.20. The fraction of sp³-hybridized carbons (Fsp3) is 0.320. The van der Waals surface area contributed by atoms with Gasteiger partial charge in [-0.05, 0) is 28.9 Å². The predicted molar refractivity (Wildman–Crippen MR) is 128 cm³/mol. The van der Waals surface area contributed by atoms with Crippen molar-refractivity contribution >= 4 is 35.2 Å². The van der Waals surface area contributed by atoms with Gasteiger partial charge in [-0.15, -0.1) is 11.8 Å². The van der Waals surface area contributed by atoms with E-state index in [2.05, 4.69) is 5.32 Å². The van der Waals surface area contributed by atoms with Crippen molar-refractivity contribution in [2.45, 2.75) is 37.7 Å². The zero-order chi connectivity index (χ0) is 24.0. The van der Waals surface area contributed by atoms with Gasteiger partial charge in [0.1, 0.15) is 6.54 Å². The number of carboxylic acid groups (broad SMARTS) is 1. The Kier molecular flexibility index (Phi) is 8.30. The summed E-state index contributed by atoms with van der Waals surface area (Å²) in [4.78, 5) is 39.1. The number of hydrogen-bond donors (Lipinski definition) is 3. The van der Waals surface area contributed by atoms with Crippen molar-refractivity contribution in [3.05, 3.63) is 77.2 Å². The van der Waals surface area contributed by atoms with Crippen molar-refractivity contribution in [1.82, 2.24) is 10.2 Å². The van der Waals surface area contributed by atoms with E-state index in [0.29, 0.717) is 5.70 Å². The maximum atomic E-state index is 13.2. The zero-order valence-corrected chi connectivity index (χ0v) is 19.4. The molecule has 2 unspecified atom stereocenters. The van der Waals surface area contributed by atoms with Crippen LogP contribution in [0.15, 0.2) is 66.1 Å². The Bertz CT molecular complexity index is 1010. The Balaban J connectivity index is 1.82. The molecule has 2 aromatic carbocycles. The van der Waals surface area contributed by atoms with Crippen LogP contribution >= 0.6 is 11.8 Å². The molecule has 1 heterocycles. The van der Waals surface area contributed by atoms with E-state index in [0.717, 1.165) is 11.1 Å². The minimum atomic E-state index is -1.78. The number of carboxylic acids is 1. The van der Waals surface area contributed by atoms with Gasteiger partial charge in [0.15, 0.2) is 6.10 Å². The average molecular weight is 469 g/mol. The van der Waals surface area contributed by atoms with E-state index in [9.17, 15) is 24.6 Å². The third-order valence-electron chi connectivity index (χ3n) is 5.38. The topological polar surface area (TPSA) is 107 Å². The van der Waals surface area contributed by atoms with Gasteiger partial charge in [0, 0.05) is 0 Å². The van der Waals surface area contributed by atoms with E-state index in [4.69, 9.17) is 0 Å². The smallest absolute Gasteiger partial charge is 0.334 e. The van der Waals surface area contributed by atoms with Gasteiger partial charge in [0.2, 0.25) is 11.8 Å². The third-order valence-corrected chi connectivity index (χ3v) is 6.78. The van der Waals surface area contributed by atoms with Crippen LogP contribution in [0.1, 0.15) is 25.0 Å². The van der Waals surface area contributed by atoms with Crippen molar-refractivity contribution in [3.63, 3.8) is 0 Å². The summed E-state index contributed by atoms with van der Waals surface area (Å²) >= 11 is 1.44. The van der Waals surface area contributed by atoms with Crippen LogP contribution in [0.5, 0.6) is 0 Å². The minimum absolute atomic E-state index is 0.0706. The summed E-state index contributed by atoms with van der Waals surface area (Å²) in [5, 5.41) is 23.7. The fourth-order valence-corrected chi connectivity index (χ4v) is 4.74. The van der Waals surface area contributed by atoms with Crippen LogP contribution in [-0.4, -0.2) is 56.8 Å². The number of aliphatic hydroxyl groups is 1. The highest BCUT2D eigenvalue weighted by atomic mass is 32.2. The van der Waals surface area contributed by atoms with Crippen LogP contribution in [0, 0.1) is 5.92 Å². The first-order valence-electron chi connectivity index (χ1n) is 10.7. The Morgan fingerprint density at radius 2 is 1.67 bits per heavy atom.